The van der Waals surface area contributed by atoms with E-state index in [0.717, 1.165) is 35.2 Å². The third kappa shape index (κ3) is 2.42. The minimum absolute atomic E-state index is 0.0526. The Balaban J connectivity index is 2.08. The summed E-state index contributed by atoms with van der Waals surface area (Å²) in [5.41, 5.74) is 11.9. The van der Waals surface area contributed by atoms with Gasteiger partial charge in [-0.3, -0.25) is 4.79 Å². The lowest BCUT2D eigenvalue weighted by atomic mass is 9.90. The molecule has 0 saturated carbocycles. The van der Waals surface area contributed by atoms with Crippen molar-refractivity contribution in [2.24, 2.45) is 5.73 Å². The average Bonchev–Trinajstić information content (AvgIpc) is 2.89. The van der Waals surface area contributed by atoms with Crippen molar-refractivity contribution < 1.29 is 4.79 Å². The van der Waals surface area contributed by atoms with E-state index < -0.39 is 0 Å². The molecule has 1 aliphatic rings. The zero-order valence-electron chi connectivity index (χ0n) is 13.1. The van der Waals surface area contributed by atoms with Crippen molar-refractivity contribution >= 4 is 11.6 Å². The van der Waals surface area contributed by atoms with Gasteiger partial charge in [0.25, 0.3) is 0 Å². The number of amides is 1. The molecule has 1 amide bonds. The summed E-state index contributed by atoms with van der Waals surface area (Å²) in [7, 11) is 0. The third-order valence-electron chi connectivity index (χ3n) is 4.52. The molecule has 3 N–H and O–H groups in total. The van der Waals surface area contributed by atoms with E-state index in [9.17, 15) is 4.79 Å². The molecule has 1 heterocycles. The van der Waals surface area contributed by atoms with E-state index in [2.05, 4.69) is 31.3 Å². The molecule has 0 radical (unpaired) electrons. The van der Waals surface area contributed by atoms with Gasteiger partial charge in [-0.25, -0.2) is 0 Å². The molecular weight excluding hydrogens is 272 g/mol. The predicted molar refractivity (Wildman–Crippen MR) is 90.0 cm³/mol. The van der Waals surface area contributed by atoms with E-state index in [1.807, 2.05) is 30.3 Å². The van der Waals surface area contributed by atoms with Crippen LogP contribution in [0.1, 0.15) is 54.5 Å². The number of carbonyl (C=O) groups excluding carboxylic acids is 1. The number of anilines is 1. The van der Waals surface area contributed by atoms with Gasteiger partial charge in [0.1, 0.15) is 0 Å². The summed E-state index contributed by atoms with van der Waals surface area (Å²) in [4.78, 5) is 12.1. The molecule has 0 aliphatic carbocycles. The Morgan fingerprint density at radius 2 is 1.86 bits per heavy atom. The van der Waals surface area contributed by atoms with E-state index >= 15 is 0 Å². The largest absolute Gasteiger partial charge is 0.325 e. The van der Waals surface area contributed by atoms with Crippen molar-refractivity contribution in [3.05, 3.63) is 64.7 Å². The summed E-state index contributed by atoms with van der Waals surface area (Å²) >= 11 is 0. The molecule has 0 bridgehead atoms. The smallest absolute Gasteiger partial charge is 0.232 e. The van der Waals surface area contributed by atoms with Crippen LogP contribution in [0.25, 0.3) is 0 Å². The fourth-order valence-electron chi connectivity index (χ4n) is 3.25. The summed E-state index contributed by atoms with van der Waals surface area (Å²) in [5.74, 6) is 0.0563. The van der Waals surface area contributed by atoms with Crippen LogP contribution in [0, 0.1) is 0 Å². The maximum absolute atomic E-state index is 12.1. The van der Waals surface area contributed by atoms with Gasteiger partial charge < -0.3 is 11.1 Å². The Morgan fingerprint density at radius 3 is 2.50 bits per heavy atom. The van der Waals surface area contributed by atoms with E-state index in [1.54, 1.807) is 0 Å². The van der Waals surface area contributed by atoms with Crippen LogP contribution >= 0.6 is 0 Å². The van der Waals surface area contributed by atoms with Crippen molar-refractivity contribution in [1.29, 1.82) is 0 Å². The first-order valence-corrected chi connectivity index (χ1v) is 7.93. The Hall–Kier alpha value is -2.13. The molecule has 0 saturated heterocycles. The van der Waals surface area contributed by atoms with Gasteiger partial charge in [-0.05, 0) is 35.1 Å². The molecule has 2 atom stereocenters. The lowest BCUT2D eigenvalue weighted by molar-refractivity contribution is -0.117. The zero-order valence-corrected chi connectivity index (χ0v) is 13.1. The number of carbonyl (C=O) groups is 1. The molecule has 2 aromatic carbocycles. The molecule has 22 heavy (non-hydrogen) atoms. The number of rotatable bonds is 4. The number of hydrogen-bond donors (Lipinski definition) is 2. The average molecular weight is 294 g/mol. The van der Waals surface area contributed by atoms with Gasteiger partial charge in [0.2, 0.25) is 5.91 Å². The van der Waals surface area contributed by atoms with Crippen LogP contribution in [0.3, 0.4) is 0 Å². The van der Waals surface area contributed by atoms with E-state index in [0.29, 0.717) is 0 Å². The highest BCUT2D eigenvalue weighted by Crippen LogP contribution is 2.39. The monoisotopic (exact) mass is 294 g/mol. The maximum atomic E-state index is 12.1. The summed E-state index contributed by atoms with van der Waals surface area (Å²) < 4.78 is 0. The van der Waals surface area contributed by atoms with Gasteiger partial charge >= 0.3 is 0 Å². The molecule has 3 rings (SSSR count). The molecule has 2 unspecified atom stereocenters. The van der Waals surface area contributed by atoms with Crippen molar-refractivity contribution in [3.63, 3.8) is 0 Å². The lowest BCUT2D eigenvalue weighted by Crippen LogP contribution is -2.13. The molecule has 0 fully saturated rings. The van der Waals surface area contributed by atoms with Gasteiger partial charge in [-0.1, -0.05) is 56.3 Å². The first-order valence-electron chi connectivity index (χ1n) is 7.93. The van der Waals surface area contributed by atoms with Gasteiger partial charge in [-0.15, -0.1) is 0 Å². The Labute approximate surface area is 131 Å². The zero-order chi connectivity index (χ0) is 15.7. The second-order valence-electron chi connectivity index (χ2n) is 5.84. The Morgan fingerprint density at radius 1 is 1.14 bits per heavy atom. The number of aryl methyl sites for hydroxylation is 1. The maximum Gasteiger partial charge on any atom is 0.232 e. The highest BCUT2D eigenvalue weighted by Gasteiger charge is 2.31. The van der Waals surface area contributed by atoms with E-state index in [-0.39, 0.29) is 17.9 Å². The summed E-state index contributed by atoms with van der Waals surface area (Å²) in [5, 5.41) is 3.04. The number of nitrogens with two attached hydrogens (primary N) is 1. The molecule has 0 aromatic heterocycles. The van der Waals surface area contributed by atoms with Crippen molar-refractivity contribution in [1.82, 2.24) is 0 Å². The quantitative estimate of drug-likeness (QED) is 0.902. The van der Waals surface area contributed by atoms with Gasteiger partial charge in [0.15, 0.2) is 0 Å². The highest BCUT2D eigenvalue weighted by molar-refractivity contribution is 6.03. The van der Waals surface area contributed by atoms with Crippen molar-refractivity contribution in [3.8, 4) is 0 Å². The predicted octanol–water partition coefficient (Wildman–Crippen LogP) is 3.74. The number of fused-ring (bicyclic) bond motifs is 1. The van der Waals surface area contributed by atoms with Gasteiger partial charge in [0, 0.05) is 5.69 Å². The summed E-state index contributed by atoms with van der Waals surface area (Å²) in [6.07, 6.45) is 1.69. The second kappa shape index (κ2) is 5.93. The van der Waals surface area contributed by atoms with Crippen LogP contribution in [0.15, 0.2) is 42.5 Å². The minimum atomic E-state index is -0.162. The summed E-state index contributed by atoms with van der Waals surface area (Å²) in [6, 6.07) is 14.2. The molecule has 3 nitrogen and oxygen atoms in total. The van der Waals surface area contributed by atoms with Crippen LogP contribution in [-0.2, 0) is 11.2 Å². The fourth-order valence-corrected chi connectivity index (χ4v) is 3.25. The first-order chi connectivity index (χ1) is 10.7. The Bertz CT molecular complexity index is 694. The lowest BCUT2D eigenvalue weighted by Gasteiger charge is -2.17. The standard InChI is InChI=1S/C19H22N2O/c1-3-12-10-14(17(20)13-8-6-5-7-9-13)11-16-15(4-2)19(22)21-18(12)16/h5-11,15,17H,3-4,20H2,1-2H3,(H,21,22). The number of nitrogens with one attached hydrogen (secondary N) is 1. The van der Waals surface area contributed by atoms with Crippen LogP contribution < -0.4 is 11.1 Å². The third-order valence-corrected chi connectivity index (χ3v) is 4.52. The number of hydrogen-bond acceptors (Lipinski definition) is 2. The second-order valence-corrected chi connectivity index (χ2v) is 5.84. The van der Waals surface area contributed by atoms with Crippen molar-refractivity contribution in [2.75, 3.05) is 5.32 Å². The molecule has 0 spiro atoms. The molecule has 3 heteroatoms. The van der Waals surface area contributed by atoms with Crippen molar-refractivity contribution in [2.45, 2.75) is 38.6 Å². The van der Waals surface area contributed by atoms with E-state index in [1.165, 1.54) is 5.56 Å². The Kier molecular flexibility index (Phi) is 3.99. The molecule has 2 aromatic rings. The van der Waals surface area contributed by atoms with Gasteiger partial charge in [0.05, 0.1) is 12.0 Å². The molecule has 1 aliphatic heterocycles. The SMILES string of the molecule is CCc1cc(C(N)c2ccccc2)cc2c1NC(=O)C2CC. The fraction of sp³-hybridized carbons (Fsp3) is 0.316. The van der Waals surface area contributed by atoms with Crippen LogP contribution in [0.2, 0.25) is 0 Å². The van der Waals surface area contributed by atoms with Crippen LogP contribution in [0.5, 0.6) is 0 Å². The highest BCUT2D eigenvalue weighted by atomic mass is 16.2. The first kappa shape index (κ1) is 14.8. The molecule has 114 valence electrons. The van der Waals surface area contributed by atoms with Crippen LogP contribution in [-0.4, -0.2) is 5.91 Å². The summed E-state index contributed by atoms with van der Waals surface area (Å²) in [6.45, 7) is 4.16. The topological polar surface area (TPSA) is 55.1 Å². The van der Waals surface area contributed by atoms with Gasteiger partial charge in [-0.2, -0.15) is 0 Å². The minimum Gasteiger partial charge on any atom is -0.325 e. The van der Waals surface area contributed by atoms with E-state index in [4.69, 9.17) is 5.73 Å². The normalized spacial score (nSPS) is 18.0. The number of benzene rings is 2. The van der Waals surface area contributed by atoms with Crippen LogP contribution in [0.4, 0.5) is 5.69 Å². The molecular formula is C19H22N2O.